The van der Waals surface area contributed by atoms with Crippen LogP contribution in [0.4, 0.5) is 4.79 Å². The fourth-order valence-corrected chi connectivity index (χ4v) is 3.68. The fourth-order valence-electron chi connectivity index (χ4n) is 3.68. The van der Waals surface area contributed by atoms with Crippen LogP contribution in [-0.2, 0) is 4.79 Å². The number of carbonyl (C=O) groups excluding carboxylic acids is 3. The molecule has 2 fully saturated rings. The van der Waals surface area contributed by atoms with E-state index in [9.17, 15) is 14.4 Å². The van der Waals surface area contributed by atoms with Crippen molar-refractivity contribution < 1.29 is 19.1 Å². The summed E-state index contributed by atoms with van der Waals surface area (Å²) in [5, 5.41) is 3.57. The van der Waals surface area contributed by atoms with Crippen LogP contribution in [0.5, 0.6) is 11.5 Å². The van der Waals surface area contributed by atoms with Crippen LogP contribution in [0.3, 0.4) is 0 Å². The highest BCUT2D eigenvalue weighted by molar-refractivity contribution is 6.09. The van der Waals surface area contributed by atoms with Crippen molar-refractivity contribution in [3.8, 4) is 11.5 Å². The maximum atomic E-state index is 12.7. The maximum absolute atomic E-state index is 12.7. The SMILES string of the molecule is O=C(NN1C(=O)NC2(CCCCC2)C1=O)c1ccc(Oc2ccccc2)cc1. The summed E-state index contributed by atoms with van der Waals surface area (Å²) in [6.07, 6.45) is 4.03. The molecule has 28 heavy (non-hydrogen) atoms. The number of imide groups is 1. The fraction of sp³-hybridized carbons (Fsp3) is 0.286. The summed E-state index contributed by atoms with van der Waals surface area (Å²) < 4.78 is 5.70. The van der Waals surface area contributed by atoms with E-state index in [0.717, 1.165) is 24.3 Å². The minimum Gasteiger partial charge on any atom is -0.457 e. The van der Waals surface area contributed by atoms with Gasteiger partial charge in [-0.1, -0.05) is 37.5 Å². The third-order valence-electron chi connectivity index (χ3n) is 5.18. The van der Waals surface area contributed by atoms with Gasteiger partial charge in [-0.3, -0.25) is 15.0 Å². The summed E-state index contributed by atoms with van der Waals surface area (Å²) >= 11 is 0. The second-order valence-electron chi connectivity index (χ2n) is 7.09. The molecule has 0 atom stereocenters. The predicted octanol–water partition coefficient (Wildman–Crippen LogP) is 3.38. The molecule has 2 aliphatic rings. The molecule has 2 N–H and O–H groups in total. The summed E-state index contributed by atoms with van der Waals surface area (Å²) in [7, 11) is 0. The van der Waals surface area contributed by atoms with Crippen LogP contribution >= 0.6 is 0 Å². The van der Waals surface area contributed by atoms with Gasteiger partial charge in [0.2, 0.25) is 0 Å². The number of benzene rings is 2. The van der Waals surface area contributed by atoms with E-state index < -0.39 is 17.5 Å². The summed E-state index contributed by atoms with van der Waals surface area (Å²) in [4.78, 5) is 37.5. The van der Waals surface area contributed by atoms with Crippen LogP contribution in [-0.4, -0.2) is 28.4 Å². The highest BCUT2D eigenvalue weighted by Crippen LogP contribution is 2.33. The first-order chi connectivity index (χ1) is 13.6. The van der Waals surface area contributed by atoms with E-state index in [-0.39, 0.29) is 5.91 Å². The first-order valence-electron chi connectivity index (χ1n) is 9.38. The van der Waals surface area contributed by atoms with Crippen molar-refractivity contribution in [3.05, 3.63) is 60.2 Å². The molecule has 2 aromatic rings. The zero-order valence-electron chi connectivity index (χ0n) is 15.3. The highest BCUT2D eigenvalue weighted by Gasteiger charge is 2.52. The molecule has 1 saturated heterocycles. The number of para-hydroxylation sites is 1. The van der Waals surface area contributed by atoms with Gasteiger partial charge in [-0.25, -0.2) is 4.79 Å². The van der Waals surface area contributed by atoms with E-state index >= 15 is 0 Å². The van der Waals surface area contributed by atoms with Crippen molar-refractivity contribution >= 4 is 17.8 Å². The molecule has 0 bridgehead atoms. The van der Waals surface area contributed by atoms with Gasteiger partial charge in [-0.15, -0.1) is 0 Å². The van der Waals surface area contributed by atoms with Crippen molar-refractivity contribution in [1.82, 2.24) is 15.8 Å². The van der Waals surface area contributed by atoms with E-state index in [1.54, 1.807) is 24.3 Å². The van der Waals surface area contributed by atoms with Crippen molar-refractivity contribution in [1.29, 1.82) is 0 Å². The molecule has 1 saturated carbocycles. The van der Waals surface area contributed by atoms with Crippen molar-refractivity contribution in [2.75, 3.05) is 0 Å². The van der Waals surface area contributed by atoms with Gasteiger partial charge in [-0.2, -0.15) is 5.01 Å². The lowest BCUT2D eigenvalue weighted by molar-refractivity contribution is -0.134. The lowest BCUT2D eigenvalue weighted by Crippen LogP contribution is -2.50. The van der Waals surface area contributed by atoms with Gasteiger partial charge in [0.25, 0.3) is 11.8 Å². The Kier molecular flexibility index (Phi) is 4.73. The topological polar surface area (TPSA) is 87.7 Å². The van der Waals surface area contributed by atoms with Crippen LogP contribution < -0.4 is 15.5 Å². The van der Waals surface area contributed by atoms with Gasteiger partial charge >= 0.3 is 6.03 Å². The van der Waals surface area contributed by atoms with Crippen LogP contribution in [0.2, 0.25) is 0 Å². The Labute approximate surface area is 162 Å². The van der Waals surface area contributed by atoms with Gasteiger partial charge < -0.3 is 10.1 Å². The molecule has 0 radical (unpaired) electrons. The smallest absolute Gasteiger partial charge is 0.344 e. The number of amides is 4. The number of urea groups is 1. The number of ether oxygens (including phenoxy) is 1. The Morgan fingerprint density at radius 2 is 1.57 bits per heavy atom. The van der Waals surface area contributed by atoms with E-state index in [4.69, 9.17) is 4.74 Å². The third-order valence-corrected chi connectivity index (χ3v) is 5.18. The van der Waals surface area contributed by atoms with Crippen molar-refractivity contribution in [2.24, 2.45) is 0 Å². The number of hydrogen-bond donors (Lipinski definition) is 2. The Morgan fingerprint density at radius 1 is 0.929 bits per heavy atom. The zero-order chi connectivity index (χ0) is 19.6. The Morgan fingerprint density at radius 3 is 2.25 bits per heavy atom. The lowest BCUT2D eigenvalue weighted by Gasteiger charge is -2.30. The first kappa shape index (κ1) is 18.0. The Hall–Kier alpha value is -3.35. The Bertz CT molecular complexity index is 890. The third kappa shape index (κ3) is 3.43. The second kappa shape index (κ2) is 7.34. The summed E-state index contributed by atoms with van der Waals surface area (Å²) in [6, 6.07) is 15.2. The first-order valence-corrected chi connectivity index (χ1v) is 9.38. The molecule has 0 aromatic heterocycles. The molecule has 4 rings (SSSR count). The van der Waals surface area contributed by atoms with Crippen molar-refractivity contribution in [2.45, 2.75) is 37.6 Å². The molecule has 4 amide bonds. The van der Waals surface area contributed by atoms with E-state index in [1.807, 2.05) is 30.3 Å². The standard InChI is InChI=1S/C21H21N3O4/c25-18(15-9-11-17(12-10-15)28-16-7-3-1-4-8-16)23-24-19(26)21(22-20(24)27)13-5-2-6-14-21/h1,3-4,7-12H,2,5-6,13-14H2,(H,22,27)(H,23,25). The van der Waals surface area contributed by atoms with Crippen LogP contribution in [0.25, 0.3) is 0 Å². The minimum atomic E-state index is -0.865. The highest BCUT2D eigenvalue weighted by atomic mass is 16.5. The number of rotatable bonds is 4. The number of nitrogens with one attached hydrogen (secondary N) is 2. The molecule has 1 aliphatic heterocycles. The van der Waals surface area contributed by atoms with Crippen LogP contribution in [0, 0.1) is 0 Å². The molecule has 1 heterocycles. The molecular weight excluding hydrogens is 358 g/mol. The second-order valence-corrected chi connectivity index (χ2v) is 7.09. The molecule has 1 spiro atoms. The number of hydrogen-bond acceptors (Lipinski definition) is 4. The minimum absolute atomic E-state index is 0.325. The van der Waals surface area contributed by atoms with Gasteiger partial charge in [-0.05, 0) is 49.2 Å². The largest absolute Gasteiger partial charge is 0.457 e. The van der Waals surface area contributed by atoms with Gasteiger partial charge in [0, 0.05) is 5.56 Å². The summed E-state index contributed by atoms with van der Waals surface area (Å²) in [5.74, 6) is 0.368. The molecule has 7 heteroatoms. The number of nitrogens with zero attached hydrogens (tertiary/aromatic N) is 1. The van der Waals surface area contributed by atoms with Gasteiger partial charge in [0.15, 0.2) is 0 Å². The van der Waals surface area contributed by atoms with E-state index in [2.05, 4.69) is 10.7 Å². The molecule has 0 unspecified atom stereocenters. The van der Waals surface area contributed by atoms with Gasteiger partial charge in [0.1, 0.15) is 17.0 Å². The molecule has 144 valence electrons. The maximum Gasteiger partial charge on any atom is 0.344 e. The average molecular weight is 379 g/mol. The predicted molar refractivity (Wildman–Crippen MR) is 102 cm³/mol. The molecule has 1 aliphatic carbocycles. The normalized spacial score (nSPS) is 18.1. The zero-order valence-corrected chi connectivity index (χ0v) is 15.3. The summed E-state index contributed by atoms with van der Waals surface area (Å²) in [5.41, 5.74) is 1.89. The van der Waals surface area contributed by atoms with Crippen LogP contribution in [0.1, 0.15) is 42.5 Å². The van der Waals surface area contributed by atoms with Crippen molar-refractivity contribution in [3.63, 3.8) is 0 Å². The molecule has 7 nitrogen and oxygen atoms in total. The summed E-state index contributed by atoms with van der Waals surface area (Å²) in [6.45, 7) is 0. The number of hydrazine groups is 1. The average Bonchev–Trinajstić information content (AvgIpc) is 2.94. The van der Waals surface area contributed by atoms with Crippen LogP contribution in [0.15, 0.2) is 54.6 Å². The molecular formula is C21H21N3O4. The quantitative estimate of drug-likeness (QED) is 0.797. The monoisotopic (exact) mass is 379 g/mol. The Balaban J connectivity index is 1.42. The van der Waals surface area contributed by atoms with E-state index in [0.29, 0.717) is 29.9 Å². The number of carbonyl (C=O) groups is 3. The molecule has 2 aromatic carbocycles. The lowest BCUT2D eigenvalue weighted by atomic mass is 9.82. The van der Waals surface area contributed by atoms with Gasteiger partial charge in [0.05, 0.1) is 0 Å². The van der Waals surface area contributed by atoms with E-state index in [1.165, 1.54) is 0 Å².